The molecule has 0 spiro atoms. The van der Waals surface area contributed by atoms with Crippen molar-refractivity contribution in [2.45, 2.75) is 19.6 Å². The maximum absolute atomic E-state index is 9.76. The molecule has 1 aromatic carbocycles. The summed E-state index contributed by atoms with van der Waals surface area (Å²) in [4.78, 5) is 9.76. The van der Waals surface area contributed by atoms with Crippen molar-refractivity contribution in [3.63, 3.8) is 0 Å². The molecule has 1 saturated heterocycles. The number of carbonyl (C=O) groups is 1. The van der Waals surface area contributed by atoms with Crippen molar-refractivity contribution in [1.82, 2.24) is 10.6 Å². The van der Waals surface area contributed by atoms with Crippen LogP contribution in [-0.2, 0) is 16.1 Å². The van der Waals surface area contributed by atoms with Crippen LogP contribution in [0.3, 0.4) is 0 Å². The molecular formula is C13H20N2O2. The second-order valence-electron chi connectivity index (χ2n) is 3.95. The van der Waals surface area contributed by atoms with E-state index in [1.54, 1.807) is 0 Å². The van der Waals surface area contributed by atoms with Crippen LogP contribution >= 0.6 is 0 Å². The minimum atomic E-state index is 0.365. The molecular weight excluding hydrogens is 216 g/mol. The van der Waals surface area contributed by atoms with Gasteiger partial charge in [0.2, 0.25) is 0 Å². The molecule has 1 aliphatic rings. The van der Waals surface area contributed by atoms with Gasteiger partial charge in [-0.25, -0.2) is 0 Å². The zero-order valence-electron chi connectivity index (χ0n) is 10.2. The maximum Gasteiger partial charge on any atom is 0.293 e. The van der Waals surface area contributed by atoms with Crippen LogP contribution in [0.2, 0.25) is 0 Å². The van der Waals surface area contributed by atoms with Gasteiger partial charge >= 0.3 is 0 Å². The fourth-order valence-electron chi connectivity index (χ4n) is 1.50. The highest BCUT2D eigenvalue weighted by molar-refractivity contribution is 5.37. The summed E-state index contributed by atoms with van der Waals surface area (Å²) in [6.07, 6.45) is 0. The van der Waals surface area contributed by atoms with Crippen LogP contribution in [0.5, 0.6) is 0 Å². The van der Waals surface area contributed by atoms with Crippen LogP contribution < -0.4 is 10.6 Å². The van der Waals surface area contributed by atoms with Crippen LogP contribution in [0, 0.1) is 0 Å². The van der Waals surface area contributed by atoms with Crippen LogP contribution in [0.4, 0.5) is 0 Å². The number of benzene rings is 1. The van der Waals surface area contributed by atoms with Gasteiger partial charge in [0.15, 0.2) is 0 Å². The number of hydrogen-bond acceptors (Lipinski definition) is 4. The summed E-state index contributed by atoms with van der Waals surface area (Å²) < 4.78 is 4.54. The SMILES string of the molecule is C[C@@H]1CNCCN1.O=COCc1ccccc1. The average molecular weight is 236 g/mol. The maximum atomic E-state index is 9.76. The molecule has 0 amide bonds. The van der Waals surface area contributed by atoms with Crippen LogP contribution in [-0.4, -0.2) is 32.1 Å². The molecule has 2 rings (SSSR count). The molecule has 2 N–H and O–H groups in total. The number of ether oxygens (including phenoxy) is 1. The zero-order chi connectivity index (χ0) is 12.3. The number of hydrogen-bond donors (Lipinski definition) is 2. The first kappa shape index (κ1) is 13.7. The molecule has 0 saturated carbocycles. The lowest BCUT2D eigenvalue weighted by Gasteiger charge is -2.19. The molecule has 0 aliphatic carbocycles. The van der Waals surface area contributed by atoms with E-state index in [2.05, 4.69) is 22.3 Å². The molecule has 0 bridgehead atoms. The Morgan fingerprint density at radius 2 is 2.12 bits per heavy atom. The normalized spacial score (nSPS) is 18.8. The Hall–Kier alpha value is -1.39. The Balaban J connectivity index is 0.000000181. The number of piperazine rings is 1. The molecule has 1 atom stereocenters. The van der Waals surface area contributed by atoms with Gasteiger partial charge in [-0.3, -0.25) is 4.79 Å². The Labute approximate surface area is 102 Å². The highest BCUT2D eigenvalue weighted by atomic mass is 16.5. The van der Waals surface area contributed by atoms with Gasteiger partial charge in [-0.05, 0) is 12.5 Å². The summed E-state index contributed by atoms with van der Waals surface area (Å²) >= 11 is 0. The van der Waals surface area contributed by atoms with E-state index in [9.17, 15) is 4.79 Å². The van der Waals surface area contributed by atoms with E-state index in [0.29, 0.717) is 19.1 Å². The van der Waals surface area contributed by atoms with Gasteiger partial charge in [0.05, 0.1) is 0 Å². The Morgan fingerprint density at radius 1 is 1.35 bits per heavy atom. The molecule has 0 radical (unpaired) electrons. The lowest BCUT2D eigenvalue weighted by molar-refractivity contribution is -0.129. The van der Waals surface area contributed by atoms with Gasteiger partial charge in [-0.2, -0.15) is 0 Å². The predicted octanol–water partition coefficient (Wildman–Crippen LogP) is 0.927. The predicted molar refractivity (Wildman–Crippen MR) is 67.6 cm³/mol. The smallest absolute Gasteiger partial charge is 0.293 e. The number of nitrogens with one attached hydrogen (secondary N) is 2. The van der Waals surface area contributed by atoms with E-state index in [1.807, 2.05) is 30.3 Å². The first-order chi connectivity index (χ1) is 8.33. The molecule has 1 heterocycles. The van der Waals surface area contributed by atoms with Gasteiger partial charge < -0.3 is 15.4 Å². The van der Waals surface area contributed by atoms with Crippen molar-refractivity contribution in [3.05, 3.63) is 35.9 Å². The topological polar surface area (TPSA) is 50.4 Å². The highest BCUT2D eigenvalue weighted by Gasteiger charge is 2.03. The van der Waals surface area contributed by atoms with Gasteiger partial charge in [-0.15, -0.1) is 0 Å². The summed E-state index contributed by atoms with van der Waals surface area (Å²) in [5.74, 6) is 0. The van der Waals surface area contributed by atoms with Gasteiger partial charge in [0.25, 0.3) is 6.47 Å². The van der Waals surface area contributed by atoms with Gasteiger partial charge in [0, 0.05) is 25.7 Å². The second kappa shape index (κ2) is 8.73. The minimum Gasteiger partial charge on any atom is -0.463 e. The van der Waals surface area contributed by atoms with Gasteiger partial charge in [0.1, 0.15) is 6.61 Å². The zero-order valence-corrected chi connectivity index (χ0v) is 10.2. The number of rotatable bonds is 3. The number of carbonyl (C=O) groups excluding carboxylic acids is 1. The molecule has 1 fully saturated rings. The van der Waals surface area contributed by atoms with E-state index in [-0.39, 0.29) is 0 Å². The summed E-state index contributed by atoms with van der Waals surface area (Å²) in [7, 11) is 0. The summed E-state index contributed by atoms with van der Waals surface area (Å²) in [5, 5.41) is 6.59. The van der Waals surface area contributed by atoms with Crippen molar-refractivity contribution in [1.29, 1.82) is 0 Å². The summed E-state index contributed by atoms with van der Waals surface area (Å²) in [6.45, 7) is 6.38. The first-order valence-electron chi connectivity index (χ1n) is 5.86. The second-order valence-corrected chi connectivity index (χ2v) is 3.95. The first-order valence-corrected chi connectivity index (χ1v) is 5.86. The van der Waals surface area contributed by atoms with Gasteiger partial charge in [-0.1, -0.05) is 30.3 Å². The highest BCUT2D eigenvalue weighted by Crippen LogP contribution is 1.98. The third-order valence-electron chi connectivity index (χ3n) is 2.41. The summed E-state index contributed by atoms with van der Waals surface area (Å²) in [5.41, 5.74) is 1.01. The third-order valence-corrected chi connectivity index (χ3v) is 2.41. The lowest BCUT2D eigenvalue weighted by atomic mass is 10.2. The largest absolute Gasteiger partial charge is 0.463 e. The molecule has 17 heavy (non-hydrogen) atoms. The van der Waals surface area contributed by atoms with E-state index in [4.69, 9.17) is 0 Å². The quantitative estimate of drug-likeness (QED) is 0.767. The average Bonchev–Trinajstić information content (AvgIpc) is 2.39. The molecule has 0 aromatic heterocycles. The fraction of sp³-hybridized carbons (Fsp3) is 0.462. The van der Waals surface area contributed by atoms with E-state index in [1.165, 1.54) is 0 Å². The third kappa shape index (κ3) is 6.71. The molecule has 4 nitrogen and oxygen atoms in total. The monoisotopic (exact) mass is 236 g/mol. The summed E-state index contributed by atoms with van der Waals surface area (Å²) in [6, 6.07) is 10.2. The van der Waals surface area contributed by atoms with E-state index < -0.39 is 0 Å². The van der Waals surface area contributed by atoms with Crippen molar-refractivity contribution in [2.24, 2.45) is 0 Å². The van der Waals surface area contributed by atoms with Crippen LogP contribution in [0.15, 0.2) is 30.3 Å². The molecule has 1 aromatic rings. The van der Waals surface area contributed by atoms with Crippen molar-refractivity contribution in [2.75, 3.05) is 19.6 Å². The van der Waals surface area contributed by atoms with E-state index in [0.717, 1.165) is 25.2 Å². The molecule has 0 unspecified atom stereocenters. The van der Waals surface area contributed by atoms with Crippen molar-refractivity contribution >= 4 is 6.47 Å². The van der Waals surface area contributed by atoms with Crippen molar-refractivity contribution in [3.8, 4) is 0 Å². The molecule has 1 aliphatic heterocycles. The Kier molecular flexibility index (Phi) is 7.02. The lowest BCUT2D eigenvalue weighted by Crippen LogP contribution is -2.46. The Morgan fingerprint density at radius 3 is 2.59 bits per heavy atom. The Bertz CT molecular complexity index is 298. The standard InChI is InChI=1S/C8H8O2.C5H12N2/c9-7-10-6-8-4-2-1-3-5-8;1-5-4-6-2-3-7-5/h1-5,7H,6H2;5-7H,2-4H2,1H3/t;5-/m.1/s1. The minimum absolute atomic E-state index is 0.365. The van der Waals surface area contributed by atoms with E-state index >= 15 is 0 Å². The van der Waals surface area contributed by atoms with Crippen molar-refractivity contribution < 1.29 is 9.53 Å². The molecule has 94 valence electrons. The molecule has 4 heteroatoms. The van der Waals surface area contributed by atoms with Crippen LogP contribution in [0.25, 0.3) is 0 Å². The fourth-order valence-corrected chi connectivity index (χ4v) is 1.50. The van der Waals surface area contributed by atoms with Crippen LogP contribution in [0.1, 0.15) is 12.5 Å².